The van der Waals surface area contributed by atoms with Gasteiger partial charge < -0.3 is 15.7 Å². The fraction of sp³-hybridized carbons (Fsp3) is 0.545. The van der Waals surface area contributed by atoms with E-state index in [0.29, 0.717) is 12.5 Å². The Kier molecular flexibility index (Phi) is 3.18. The van der Waals surface area contributed by atoms with E-state index in [-0.39, 0.29) is 6.61 Å². The van der Waals surface area contributed by atoms with Gasteiger partial charge in [-0.05, 0) is 18.6 Å². The summed E-state index contributed by atoms with van der Waals surface area (Å²) in [5.74, 6) is 0.416. The standard InChI is InChI=1S/C11H17N3O/c12-6-10-5-11(1-3-13-10)14-4-2-9(7-14)8-15/h1,3,5,9,15H,2,4,6-8,12H2. The smallest absolute Gasteiger partial charge is 0.0560 e. The van der Waals surface area contributed by atoms with Crippen molar-refractivity contribution in [2.75, 3.05) is 24.6 Å². The van der Waals surface area contributed by atoms with Crippen molar-refractivity contribution >= 4 is 5.69 Å². The zero-order valence-corrected chi connectivity index (χ0v) is 8.76. The van der Waals surface area contributed by atoms with Gasteiger partial charge >= 0.3 is 0 Å². The molecule has 82 valence electrons. The molecule has 0 bridgehead atoms. The van der Waals surface area contributed by atoms with Crippen LogP contribution >= 0.6 is 0 Å². The lowest BCUT2D eigenvalue weighted by Crippen LogP contribution is -2.20. The van der Waals surface area contributed by atoms with Crippen LogP contribution in [-0.2, 0) is 6.54 Å². The molecule has 1 saturated heterocycles. The quantitative estimate of drug-likeness (QED) is 0.751. The molecule has 1 atom stereocenters. The Balaban J connectivity index is 2.09. The van der Waals surface area contributed by atoms with Gasteiger partial charge in [0.05, 0.1) is 5.69 Å². The third kappa shape index (κ3) is 2.27. The Morgan fingerprint density at radius 3 is 3.13 bits per heavy atom. The first kappa shape index (κ1) is 10.4. The van der Waals surface area contributed by atoms with Crippen molar-refractivity contribution in [1.29, 1.82) is 0 Å². The molecule has 1 fully saturated rings. The van der Waals surface area contributed by atoms with E-state index in [1.807, 2.05) is 12.1 Å². The van der Waals surface area contributed by atoms with Gasteiger partial charge in [0.2, 0.25) is 0 Å². The van der Waals surface area contributed by atoms with Crippen LogP contribution in [0, 0.1) is 5.92 Å². The summed E-state index contributed by atoms with van der Waals surface area (Å²) in [7, 11) is 0. The van der Waals surface area contributed by atoms with Crippen molar-refractivity contribution in [3.05, 3.63) is 24.0 Å². The fourth-order valence-electron chi connectivity index (χ4n) is 1.99. The van der Waals surface area contributed by atoms with Gasteiger partial charge in [0, 0.05) is 44.0 Å². The van der Waals surface area contributed by atoms with Crippen LogP contribution in [0.25, 0.3) is 0 Å². The van der Waals surface area contributed by atoms with E-state index in [1.165, 1.54) is 5.69 Å². The minimum Gasteiger partial charge on any atom is -0.396 e. The number of hydrogen-bond donors (Lipinski definition) is 2. The lowest BCUT2D eigenvalue weighted by atomic mass is 10.1. The number of nitrogens with zero attached hydrogens (tertiary/aromatic N) is 2. The topological polar surface area (TPSA) is 62.4 Å². The summed E-state index contributed by atoms with van der Waals surface area (Å²) < 4.78 is 0. The SMILES string of the molecule is NCc1cc(N2CCC(CO)C2)ccn1. The minimum atomic E-state index is 0.283. The maximum absolute atomic E-state index is 9.07. The zero-order valence-electron chi connectivity index (χ0n) is 8.76. The molecule has 1 aliphatic heterocycles. The number of aromatic nitrogens is 1. The number of anilines is 1. The highest BCUT2D eigenvalue weighted by molar-refractivity contribution is 5.47. The predicted molar refractivity (Wildman–Crippen MR) is 59.5 cm³/mol. The number of hydrogen-bond acceptors (Lipinski definition) is 4. The molecule has 0 aliphatic carbocycles. The number of aliphatic hydroxyl groups is 1. The first-order valence-corrected chi connectivity index (χ1v) is 5.34. The minimum absolute atomic E-state index is 0.283. The van der Waals surface area contributed by atoms with Crippen LogP contribution in [0.2, 0.25) is 0 Å². The highest BCUT2D eigenvalue weighted by Crippen LogP contribution is 2.23. The zero-order chi connectivity index (χ0) is 10.7. The number of nitrogens with two attached hydrogens (primary N) is 1. The van der Waals surface area contributed by atoms with Gasteiger partial charge in [-0.1, -0.05) is 0 Å². The van der Waals surface area contributed by atoms with Gasteiger partial charge in [-0.25, -0.2) is 0 Å². The Labute approximate surface area is 89.7 Å². The maximum Gasteiger partial charge on any atom is 0.0560 e. The van der Waals surface area contributed by atoms with Crippen molar-refractivity contribution in [2.24, 2.45) is 11.7 Å². The van der Waals surface area contributed by atoms with Crippen LogP contribution in [0.4, 0.5) is 5.69 Å². The van der Waals surface area contributed by atoms with Crippen LogP contribution in [0.5, 0.6) is 0 Å². The molecule has 0 amide bonds. The molecular weight excluding hydrogens is 190 g/mol. The highest BCUT2D eigenvalue weighted by Gasteiger charge is 2.21. The predicted octanol–water partition coefficient (Wildman–Crippen LogP) is 0.359. The lowest BCUT2D eigenvalue weighted by Gasteiger charge is -2.18. The summed E-state index contributed by atoms with van der Waals surface area (Å²) in [6.45, 7) is 2.71. The van der Waals surface area contributed by atoms with Crippen LogP contribution < -0.4 is 10.6 Å². The normalized spacial score (nSPS) is 20.9. The molecule has 0 spiro atoms. The summed E-state index contributed by atoms with van der Waals surface area (Å²) in [4.78, 5) is 6.45. The van der Waals surface area contributed by atoms with E-state index in [9.17, 15) is 0 Å². The van der Waals surface area contributed by atoms with Crippen LogP contribution in [0.3, 0.4) is 0 Å². The van der Waals surface area contributed by atoms with E-state index in [2.05, 4.69) is 9.88 Å². The molecule has 0 radical (unpaired) electrons. The molecule has 1 aliphatic rings. The maximum atomic E-state index is 9.07. The van der Waals surface area contributed by atoms with Crippen LogP contribution in [0.15, 0.2) is 18.3 Å². The Morgan fingerprint density at radius 1 is 1.60 bits per heavy atom. The van der Waals surface area contributed by atoms with E-state index in [4.69, 9.17) is 10.8 Å². The fourth-order valence-corrected chi connectivity index (χ4v) is 1.99. The molecule has 1 aromatic heterocycles. The molecule has 2 rings (SSSR count). The van der Waals surface area contributed by atoms with Crippen molar-refractivity contribution in [3.63, 3.8) is 0 Å². The molecule has 4 heteroatoms. The van der Waals surface area contributed by atoms with E-state index in [1.54, 1.807) is 6.20 Å². The molecule has 1 unspecified atom stereocenters. The third-order valence-corrected chi connectivity index (χ3v) is 2.92. The number of rotatable bonds is 3. The molecule has 0 saturated carbocycles. The highest BCUT2D eigenvalue weighted by atomic mass is 16.3. The van der Waals surface area contributed by atoms with Crippen LogP contribution in [0.1, 0.15) is 12.1 Å². The number of pyridine rings is 1. The van der Waals surface area contributed by atoms with Gasteiger partial charge in [-0.3, -0.25) is 4.98 Å². The molecule has 4 nitrogen and oxygen atoms in total. The van der Waals surface area contributed by atoms with Crippen molar-refractivity contribution in [1.82, 2.24) is 4.98 Å². The monoisotopic (exact) mass is 207 g/mol. The lowest BCUT2D eigenvalue weighted by molar-refractivity contribution is 0.238. The molecule has 3 N–H and O–H groups in total. The second-order valence-electron chi connectivity index (χ2n) is 3.99. The average molecular weight is 207 g/mol. The Hall–Kier alpha value is -1.13. The molecule has 2 heterocycles. The van der Waals surface area contributed by atoms with Gasteiger partial charge in [-0.15, -0.1) is 0 Å². The van der Waals surface area contributed by atoms with E-state index < -0.39 is 0 Å². The first-order chi connectivity index (χ1) is 7.33. The molecule has 1 aromatic rings. The van der Waals surface area contributed by atoms with Gasteiger partial charge in [0.25, 0.3) is 0 Å². The molecule has 15 heavy (non-hydrogen) atoms. The summed E-state index contributed by atoms with van der Waals surface area (Å²) in [6.07, 6.45) is 2.86. The van der Waals surface area contributed by atoms with E-state index >= 15 is 0 Å². The summed E-state index contributed by atoms with van der Waals surface area (Å²) in [5, 5.41) is 9.07. The molecule has 0 aromatic carbocycles. The van der Waals surface area contributed by atoms with Gasteiger partial charge in [0.15, 0.2) is 0 Å². The van der Waals surface area contributed by atoms with Crippen LogP contribution in [-0.4, -0.2) is 29.8 Å². The average Bonchev–Trinajstić information content (AvgIpc) is 2.78. The van der Waals surface area contributed by atoms with Gasteiger partial charge in [0.1, 0.15) is 0 Å². The first-order valence-electron chi connectivity index (χ1n) is 5.34. The second kappa shape index (κ2) is 4.59. The summed E-state index contributed by atoms with van der Waals surface area (Å²) in [6, 6.07) is 4.03. The summed E-state index contributed by atoms with van der Waals surface area (Å²) >= 11 is 0. The Bertz CT molecular complexity index is 329. The Morgan fingerprint density at radius 2 is 2.47 bits per heavy atom. The molecular formula is C11H17N3O. The summed E-state index contributed by atoms with van der Waals surface area (Å²) in [5.41, 5.74) is 7.63. The van der Waals surface area contributed by atoms with Crippen molar-refractivity contribution < 1.29 is 5.11 Å². The largest absolute Gasteiger partial charge is 0.396 e. The van der Waals surface area contributed by atoms with Gasteiger partial charge in [-0.2, -0.15) is 0 Å². The number of aliphatic hydroxyl groups excluding tert-OH is 1. The third-order valence-electron chi connectivity index (χ3n) is 2.92. The van der Waals surface area contributed by atoms with Crippen molar-refractivity contribution in [3.8, 4) is 0 Å². The van der Waals surface area contributed by atoms with Crippen molar-refractivity contribution in [2.45, 2.75) is 13.0 Å². The second-order valence-corrected chi connectivity index (χ2v) is 3.99. The van der Waals surface area contributed by atoms with E-state index in [0.717, 1.165) is 25.2 Å².